The lowest BCUT2D eigenvalue weighted by Gasteiger charge is -2.08. The third-order valence-electron chi connectivity index (χ3n) is 2.39. The molecule has 1 atom stereocenters. The van der Waals surface area contributed by atoms with Crippen LogP contribution in [-0.2, 0) is 4.79 Å². The minimum atomic E-state index is 0.0163. The molecule has 0 spiro atoms. The number of halogens is 1. The van der Waals surface area contributed by atoms with Gasteiger partial charge < -0.3 is 11.1 Å². The molecule has 4 heteroatoms. The van der Waals surface area contributed by atoms with E-state index in [9.17, 15) is 4.79 Å². The first-order valence-corrected chi connectivity index (χ1v) is 5.75. The number of hydrogen-bond donors (Lipinski definition) is 2. The number of rotatable bonds is 5. The van der Waals surface area contributed by atoms with Gasteiger partial charge in [0.25, 0.3) is 0 Å². The van der Waals surface area contributed by atoms with Gasteiger partial charge in [-0.15, -0.1) is 0 Å². The summed E-state index contributed by atoms with van der Waals surface area (Å²) in [4.78, 5) is 11.5. The number of benzene rings is 1. The lowest BCUT2D eigenvalue weighted by Crippen LogP contribution is -2.16. The zero-order valence-electron chi connectivity index (χ0n) is 9.37. The third kappa shape index (κ3) is 4.64. The molecule has 0 aliphatic carbocycles. The van der Waals surface area contributed by atoms with E-state index in [2.05, 4.69) is 5.32 Å². The average molecular weight is 241 g/mol. The smallest absolute Gasteiger partial charge is 0.224 e. The second-order valence-corrected chi connectivity index (χ2v) is 4.37. The van der Waals surface area contributed by atoms with Crippen molar-refractivity contribution >= 4 is 23.2 Å². The second-order valence-electron chi connectivity index (χ2n) is 3.93. The van der Waals surface area contributed by atoms with Gasteiger partial charge in [-0.2, -0.15) is 0 Å². The highest BCUT2D eigenvalue weighted by molar-refractivity contribution is 6.30. The van der Waals surface area contributed by atoms with Crippen LogP contribution in [0.2, 0.25) is 5.02 Å². The van der Waals surface area contributed by atoms with Crippen LogP contribution in [0.4, 0.5) is 5.69 Å². The topological polar surface area (TPSA) is 55.1 Å². The number of hydrogen-bond acceptors (Lipinski definition) is 2. The first-order chi connectivity index (χ1) is 7.61. The van der Waals surface area contributed by atoms with E-state index in [1.54, 1.807) is 24.3 Å². The molecule has 3 nitrogen and oxygen atoms in total. The van der Waals surface area contributed by atoms with Crippen LogP contribution in [0.3, 0.4) is 0 Å². The zero-order chi connectivity index (χ0) is 12.0. The van der Waals surface area contributed by atoms with E-state index < -0.39 is 0 Å². The number of carbonyl (C=O) groups is 1. The van der Waals surface area contributed by atoms with E-state index >= 15 is 0 Å². The second kappa shape index (κ2) is 6.51. The van der Waals surface area contributed by atoms with Gasteiger partial charge in [0.05, 0.1) is 0 Å². The SMILES string of the molecule is CC(CN)CCC(=O)Nc1ccc(Cl)cc1. The molecule has 1 unspecified atom stereocenters. The first kappa shape index (κ1) is 13.0. The molecule has 0 saturated carbocycles. The molecule has 1 aromatic carbocycles. The van der Waals surface area contributed by atoms with Gasteiger partial charge in [0.2, 0.25) is 5.91 Å². The van der Waals surface area contributed by atoms with Crippen LogP contribution in [0, 0.1) is 5.92 Å². The fourth-order valence-corrected chi connectivity index (χ4v) is 1.38. The van der Waals surface area contributed by atoms with Gasteiger partial charge in [-0.1, -0.05) is 18.5 Å². The molecule has 1 aromatic rings. The summed E-state index contributed by atoms with van der Waals surface area (Å²) >= 11 is 5.74. The molecule has 0 fully saturated rings. The number of nitrogens with two attached hydrogens (primary N) is 1. The van der Waals surface area contributed by atoms with Crippen molar-refractivity contribution in [3.8, 4) is 0 Å². The number of amides is 1. The van der Waals surface area contributed by atoms with Gasteiger partial charge in [0.1, 0.15) is 0 Å². The van der Waals surface area contributed by atoms with Crippen LogP contribution < -0.4 is 11.1 Å². The highest BCUT2D eigenvalue weighted by Gasteiger charge is 2.05. The molecule has 1 rings (SSSR count). The van der Waals surface area contributed by atoms with Crippen molar-refractivity contribution in [2.45, 2.75) is 19.8 Å². The monoisotopic (exact) mass is 240 g/mol. The lowest BCUT2D eigenvalue weighted by atomic mass is 10.1. The Morgan fingerprint density at radius 1 is 1.44 bits per heavy atom. The molecule has 0 radical (unpaired) electrons. The lowest BCUT2D eigenvalue weighted by molar-refractivity contribution is -0.116. The Morgan fingerprint density at radius 3 is 2.62 bits per heavy atom. The summed E-state index contributed by atoms with van der Waals surface area (Å²) < 4.78 is 0. The summed E-state index contributed by atoms with van der Waals surface area (Å²) in [7, 11) is 0. The molecule has 0 aliphatic rings. The molecule has 0 saturated heterocycles. The molecular formula is C12H17ClN2O. The molecule has 88 valence electrons. The normalized spacial score (nSPS) is 12.2. The van der Waals surface area contributed by atoms with Crippen LogP contribution in [0.25, 0.3) is 0 Å². The Kier molecular flexibility index (Phi) is 5.29. The summed E-state index contributed by atoms with van der Waals surface area (Å²) in [6, 6.07) is 7.07. The Balaban J connectivity index is 2.37. The Morgan fingerprint density at radius 2 is 2.06 bits per heavy atom. The van der Waals surface area contributed by atoms with Crippen LogP contribution in [0.1, 0.15) is 19.8 Å². The molecule has 0 heterocycles. The highest BCUT2D eigenvalue weighted by Crippen LogP contribution is 2.14. The standard InChI is InChI=1S/C12H17ClN2O/c1-9(8-14)2-7-12(16)15-11-5-3-10(13)4-6-11/h3-6,9H,2,7-8,14H2,1H3,(H,15,16). The quantitative estimate of drug-likeness (QED) is 0.832. The van der Waals surface area contributed by atoms with Crippen LogP contribution in [0.15, 0.2) is 24.3 Å². The van der Waals surface area contributed by atoms with E-state index in [0.717, 1.165) is 12.1 Å². The van der Waals surface area contributed by atoms with Crippen molar-refractivity contribution in [3.63, 3.8) is 0 Å². The minimum absolute atomic E-state index is 0.0163. The van der Waals surface area contributed by atoms with Gasteiger partial charge in [-0.3, -0.25) is 4.79 Å². The molecule has 0 aromatic heterocycles. The summed E-state index contributed by atoms with van der Waals surface area (Å²) in [5.74, 6) is 0.401. The predicted molar refractivity (Wildman–Crippen MR) is 67.5 cm³/mol. The van der Waals surface area contributed by atoms with Crippen molar-refractivity contribution in [3.05, 3.63) is 29.3 Å². The largest absolute Gasteiger partial charge is 0.330 e. The van der Waals surface area contributed by atoms with E-state index in [0.29, 0.717) is 23.9 Å². The molecule has 1 amide bonds. The van der Waals surface area contributed by atoms with Crippen LogP contribution >= 0.6 is 11.6 Å². The van der Waals surface area contributed by atoms with Crippen molar-refractivity contribution in [2.24, 2.45) is 11.7 Å². The van der Waals surface area contributed by atoms with E-state index in [4.69, 9.17) is 17.3 Å². The van der Waals surface area contributed by atoms with E-state index in [-0.39, 0.29) is 5.91 Å². The number of nitrogens with one attached hydrogen (secondary N) is 1. The zero-order valence-corrected chi connectivity index (χ0v) is 10.1. The van der Waals surface area contributed by atoms with Crippen molar-refractivity contribution < 1.29 is 4.79 Å². The first-order valence-electron chi connectivity index (χ1n) is 5.37. The molecule has 3 N–H and O–H groups in total. The van der Waals surface area contributed by atoms with Crippen molar-refractivity contribution in [1.82, 2.24) is 0 Å². The maximum Gasteiger partial charge on any atom is 0.224 e. The summed E-state index contributed by atoms with van der Waals surface area (Å²) in [6.07, 6.45) is 1.32. The van der Waals surface area contributed by atoms with Gasteiger partial charge in [0.15, 0.2) is 0 Å². The molecule has 16 heavy (non-hydrogen) atoms. The summed E-state index contributed by atoms with van der Waals surface area (Å²) in [6.45, 7) is 2.66. The van der Waals surface area contributed by atoms with Gasteiger partial charge >= 0.3 is 0 Å². The Hall–Kier alpha value is -1.06. The fraction of sp³-hybridized carbons (Fsp3) is 0.417. The van der Waals surface area contributed by atoms with Crippen LogP contribution in [-0.4, -0.2) is 12.5 Å². The highest BCUT2D eigenvalue weighted by atomic mass is 35.5. The van der Waals surface area contributed by atoms with Crippen LogP contribution in [0.5, 0.6) is 0 Å². The van der Waals surface area contributed by atoms with Crippen molar-refractivity contribution in [1.29, 1.82) is 0 Å². The minimum Gasteiger partial charge on any atom is -0.330 e. The summed E-state index contributed by atoms with van der Waals surface area (Å²) in [5.41, 5.74) is 6.25. The Bertz CT molecular complexity index is 337. The fourth-order valence-electron chi connectivity index (χ4n) is 1.25. The Labute approximate surface area is 101 Å². The van der Waals surface area contributed by atoms with E-state index in [1.165, 1.54) is 0 Å². The summed E-state index contributed by atoms with van der Waals surface area (Å²) in [5, 5.41) is 3.47. The molecule has 0 aliphatic heterocycles. The van der Waals surface area contributed by atoms with Gasteiger partial charge in [-0.25, -0.2) is 0 Å². The maximum atomic E-state index is 11.5. The van der Waals surface area contributed by atoms with Crippen molar-refractivity contribution in [2.75, 3.05) is 11.9 Å². The average Bonchev–Trinajstić information content (AvgIpc) is 2.29. The maximum absolute atomic E-state index is 11.5. The van der Waals surface area contributed by atoms with Gasteiger partial charge in [-0.05, 0) is 43.1 Å². The molecular weight excluding hydrogens is 224 g/mol. The number of carbonyl (C=O) groups excluding carboxylic acids is 1. The number of anilines is 1. The predicted octanol–water partition coefficient (Wildman–Crippen LogP) is 2.65. The third-order valence-corrected chi connectivity index (χ3v) is 2.65. The molecule has 0 bridgehead atoms. The van der Waals surface area contributed by atoms with E-state index in [1.807, 2.05) is 6.92 Å². The van der Waals surface area contributed by atoms with Gasteiger partial charge in [0, 0.05) is 17.1 Å².